The molecule has 4 nitrogen and oxygen atoms in total. The summed E-state index contributed by atoms with van der Waals surface area (Å²) in [5, 5.41) is 7.21. The van der Waals surface area contributed by atoms with Gasteiger partial charge in [0.1, 0.15) is 5.02 Å². The van der Waals surface area contributed by atoms with Crippen LogP contribution >= 0.6 is 11.6 Å². The third-order valence-corrected chi connectivity index (χ3v) is 3.80. The van der Waals surface area contributed by atoms with Crippen LogP contribution in [0.1, 0.15) is 51.9 Å². The van der Waals surface area contributed by atoms with Gasteiger partial charge in [-0.25, -0.2) is 4.98 Å². The quantitative estimate of drug-likeness (QED) is 0.873. The second-order valence-corrected chi connectivity index (χ2v) is 5.51. The van der Waals surface area contributed by atoms with Crippen LogP contribution in [0.4, 0.5) is 11.8 Å². The van der Waals surface area contributed by atoms with Crippen LogP contribution in [-0.2, 0) is 0 Å². The Labute approximate surface area is 120 Å². The second kappa shape index (κ2) is 7.53. The number of rotatable bonds is 4. The van der Waals surface area contributed by atoms with Crippen molar-refractivity contribution < 1.29 is 0 Å². The fourth-order valence-corrected chi connectivity index (χ4v) is 2.65. The van der Waals surface area contributed by atoms with E-state index in [0.29, 0.717) is 17.0 Å². The van der Waals surface area contributed by atoms with Gasteiger partial charge >= 0.3 is 0 Å². The van der Waals surface area contributed by atoms with E-state index in [1.54, 1.807) is 6.20 Å². The summed E-state index contributed by atoms with van der Waals surface area (Å²) in [6, 6.07) is 0.488. The molecule has 1 aliphatic carbocycles. The Morgan fingerprint density at radius 1 is 1.21 bits per heavy atom. The lowest BCUT2D eigenvalue weighted by Crippen LogP contribution is -2.22. The van der Waals surface area contributed by atoms with Gasteiger partial charge in [0.05, 0.1) is 6.20 Å². The Morgan fingerprint density at radius 2 is 1.89 bits per heavy atom. The number of hydrogen-bond donors (Lipinski definition) is 2. The first-order valence-electron chi connectivity index (χ1n) is 7.32. The molecule has 2 rings (SSSR count). The molecule has 1 aliphatic rings. The van der Waals surface area contributed by atoms with Gasteiger partial charge in [-0.3, -0.25) is 0 Å². The molecule has 5 heteroatoms. The summed E-state index contributed by atoms with van der Waals surface area (Å²) < 4.78 is 0. The molecule has 0 aliphatic heterocycles. The molecule has 1 aromatic rings. The fourth-order valence-electron chi connectivity index (χ4n) is 2.51. The topological polar surface area (TPSA) is 49.8 Å². The lowest BCUT2D eigenvalue weighted by atomic mass is 9.97. The molecule has 0 unspecified atom stereocenters. The molecule has 1 aromatic heterocycles. The number of hydrogen-bond acceptors (Lipinski definition) is 4. The molecular formula is C14H23ClN4. The lowest BCUT2D eigenvalue weighted by molar-refractivity contribution is 0.470. The van der Waals surface area contributed by atoms with E-state index in [1.165, 1.54) is 44.9 Å². The summed E-state index contributed by atoms with van der Waals surface area (Å²) >= 11 is 6.17. The van der Waals surface area contributed by atoms with Gasteiger partial charge in [0.15, 0.2) is 5.82 Å². The number of halogens is 1. The zero-order chi connectivity index (χ0) is 13.5. The molecule has 0 amide bonds. The molecule has 1 fully saturated rings. The minimum atomic E-state index is 0.488. The zero-order valence-corrected chi connectivity index (χ0v) is 12.3. The van der Waals surface area contributed by atoms with Crippen molar-refractivity contribution in [3.8, 4) is 0 Å². The van der Waals surface area contributed by atoms with E-state index in [2.05, 4.69) is 20.6 Å². The smallest absolute Gasteiger partial charge is 0.224 e. The van der Waals surface area contributed by atoms with Crippen molar-refractivity contribution >= 4 is 23.4 Å². The molecule has 19 heavy (non-hydrogen) atoms. The number of nitrogens with zero attached hydrogens (tertiary/aromatic N) is 2. The van der Waals surface area contributed by atoms with E-state index < -0.39 is 0 Å². The average Bonchev–Trinajstić information content (AvgIpc) is 2.36. The molecule has 0 spiro atoms. The van der Waals surface area contributed by atoms with Crippen molar-refractivity contribution in [2.24, 2.45) is 0 Å². The normalized spacial score (nSPS) is 17.6. The first kappa shape index (κ1) is 14.4. The minimum Gasteiger partial charge on any atom is -0.366 e. The molecule has 0 radical (unpaired) electrons. The van der Waals surface area contributed by atoms with E-state index in [9.17, 15) is 0 Å². The highest BCUT2D eigenvalue weighted by molar-refractivity contribution is 6.32. The summed E-state index contributed by atoms with van der Waals surface area (Å²) in [5.74, 6) is 1.40. The summed E-state index contributed by atoms with van der Waals surface area (Å²) in [5.41, 5.74) is 0. The van der Waals surface area contributed by atoms with E-state index in [4.69, 9.17) is 11.6 Å². The maximum Gasteiger partial charge on any atom is 0.224 e. The van der Waals surface area contributed by atoms with Crippen molar-refractivity contribution in [1.82, 2.24) is 9.97 Å². The van der Waals surface area contributed by atoms with Crippen LogP contribution in [-0.4, -0.2) is 22.6 Å². The Hall–Kier alpha value is -1.03. The Balaban J connectivity index is 2.01. The van der Waals surface area contributed by atoms with Crippen molar-refractivity contribution in [3.63, 3.8) is 0 Å². The second-order valence-electron chi connectivity index (χ2n) is 5.11. The van der Waals surface area contributed by atoms with Crippen LogP contribution in [0, 0.1) is 0 Å². The van der Waals surface area contributed by atoms with Crippen LogP contribution in [0.3, 0.4) is 0 Å². The van der Waals surface area contributed by atoms with Crippen molar-refractivity contribution in [2.75, 3.05) is 17.2 Å². The SMILES string of the molecule is CCNc1ncc(Cl)c(NC2CCCCCCC2)n1. The molecule has 2 N–H and O–H groups in total. The molecule has 0 aromatic carbocycles. The van der Waals surface area contributed by atoms with E-state index in [0.717, 1.165) is 12.4 Å². The van der Waals surface area contributed by atoms with Gasteiger partial charge in [0.25, 0.3) is 0 Å². The van der Waals surface area contributed by atoms with Crippen LogP contribution in [0.5, 0.6) is 0 Å². The standard InChI is InChI=1S/C14H23ClN4/c1-2-16-14-17-10-12(15)13(19-14)18-11-8-6-4-3-5-7-9-11/h10-11H,2-9H2,1H3,(H2,16,17,18,19). The van der Waals surface area contributed by atoms with Gasteiger partial charge in [-0.1, -0.05) is 43.7 Å². The largest absolute Gasteiger partial charge is 0.366 e. The monoisotopic (exact) mass is 282 g/mol. The van der Waals surface area contributed by atoms with Crippen molar-refractivity contribution in [3.05, 3.63) is 11.2 Å². The summed E-state index contributed by atoms with van der Waals surface area (Å²) in [6.45, 7) is 2.84. The highest BCUT2D eigenvalue weighted by Crippen LogP contribution is 2.24. The Kier molecular flexibility index (Phi) is 5.70. The third-order valence-electron chi connectivity index (χ3n) is 3.53. The number of anilines is 2. The first-order valence-corrected chi connectivity index (χ1v) is 7.70. The van der Waals surface area contributed by atoms with Gasteiger partial charge in [-0.2, -0.15) is 4.98 Å². The van der Waals surface area contributed by atoms with Gasteiger partial charge in [0, 0.05) is 12.6 Å². The predicted octanol–water partition coefficient (Wildman–Crippen LogP) is 4.09. The van der Waals surface area contributed by atoms with Gasteiger partial charge < -0.3 is 10.6 Å². The van der Waals surface area contributed by atoms with Crippen LogP contribution in [0.25, 0.3) is 0 Å². The lowest BCUT2D eigenvalue weighted by Gasteiger charge is -2.22. The average molecular weight is 283 g/mol. The molecule has 1 heterocycles. The van der Waals surface area contributed by atoms with Gasteiger partial charge in [-0.15, -0.1) is 0 Å². The highest BCUT2D eigenvalue weighted by Gasteiger charge is 2.14. The maximum absolute atomic E-state index is 6.17. The zero-order valence-electron chi connectivity index (χ0n) is 11.6. The van der Waals surface area contributed by atoms with Crippen LogP contribution in [0.2, 0.25) is 5.02 Å². The summed E-state index contributed by atoms with van der Waals surface area (Å²) in [4.78, 5) is 8.61. The van der Waals surface area contributed by atoms with Gasteiger partial charge in [-0.05, 0) is 19.8 Å². The van der Waals surface area contributed by atoms with E-state index in [-0.39, 0.29) is 0 Å². The number of nitrogens with one attached hydrogen (secondary N) is 2. The van der Waals surface area contributed by atoms with Crippen LogP contribution < -0.4 is 10.6 Å². The predicted molar refractivity (Wildman–Crippen MR) is 80.9 cm³/mol. The fraction of sp³-hybridized carbons (Fsp3) is 0.714. The summed E-state index contributed by atoms with van der Waals surface area (Å²) in [6.07, 6.45) is 10.7. The molecule has 0 bridgehead atoms. The van der Waals surface area contributed by atoms with Crippen molar-refractivity contribution in [2.45, 2.75) is 57.9 Å². The van der Waals surface area contributed by atoms with Gasteiger partial charge in [0.2, 0.25) is 5.95 Å². The maximum atomic E-state index is 6.17. The third kappa shape index (κ3) is 4.53. The number of aromatic nitrogens is 2. The molecule has 106 valence electrons. The van der Waals surface area contributed by atoms with Crippen molar-refractivity contribution in [1.29, 1.82) is 0 Å². The minimum absolute atomic E-state index is 0.488. The molecular weight excluding hydrogens is 260 g/mol. The van der Waals surface area contributed by atoms with E-state index in [1.807, 2.05) is 6.92 Å². The van der Waals surface area contributed by atoms with Crippen LogP contribution in [0.15, 0.2) is 6.20 Å². The Bertz CT molecular complexity index is 389. The van der Waals surface area contributed by atoms with E-state index >= 15 is 0 Å². The highest BCUT2D eigenvalue weighted by atomic mass is 35.5. The molecule has 0 saturated heterocycles. The Morgan fingerprint density at radius 3 is 2.58 bits per heavy atom. The molecule has 1 saturated carbocycles. The molecule has 0 atom stereocenters. The summed E-state index contributed by atoms with van der Waals surface area (Å²) in [7, 11) is 0. The first-order chi connectivity index (χ1) is 9.29.